The van der Waals surface area contributed by atoms with Crippen LogP contribution in [0.4, 0.5) is 9.57 Å². The van der Waals surface area contributed by atoms with Gasteiger partial charge in [0.05, 0.1) is 11.3 Å². The first-order chi connectivity index (χ1) is 11.2. The van der Waals surface area contributed by atoms with Crippen LogP contribution in [0.15, 0.2) is 24.3 Å². The molecule has 24 heavy (non-hydrogen) atoms. The van der Waals surface area contributed by atoms with Gasteiger partial charge in [-0.3, -0.25) is 14.5 Å². The lowest BCUT2D eigenvalue weighted by Crippen LogP contribution is -2.42. The van der Waals surface area contributed by atoms with Crippen molar-refractivity contribution >= 4 is 40.6 Å². The Labute approximate surface area is 144 Å². The number of carbonyl (C=O) groups excluding carboxylic acids is 2. The van der Waals surface area contributed by atoms with Gasteiger partial charge >= 0.3 is 10.5 Å². The standard InChI is InChI=1S/C14H15FN2O5S2/c15-24(20,21)22-11-3-1-2-9(6-11)16-5-4-10(8-16)17-13(18)7-12(23)14(17)19/h1-3,6,10,12,23H,4-5,7-8H2/t10-,12?/m0/s1. The first-order valence-electron chi connectivity index (χ1n) is 7.27. The van der Waals surface area contributed by atoms with Crippen LogP contribution in [0.5, 0.6) is 5.75 Å². The Kier molecular flexibility index (Phi) is 4.43. The number of imide groups is 1. The Bertz CT molecular complexity index is 785. The molecule has 0 aliphatic carbocycles. The van der Waals surface area contributed by atoms with E-state index in [2.05, 4.69) is 16.8 Å². The quantitative estimate of drug-likeness (QED) is 0.479. The molecule has 2 amide bonds. The molecule has 0 spiro atoms. The summed E-state index contributed by atoms with van der Waals surface area (Å²) in [5, 5.41) is -0.585. The molecule has 2 aliphatic rings. The van der Waals surface area contributed by atoms with Crippen molar-refractivity contribution in [2.45, 2.75) is 24.1 Å². The predicted molar refractivity (Wildman–Crippen MR) is 87.0 cm³/mol. The minimum Gasteiger partial charge on any atom is -0.369 e. The maximum Gasteiger partial charge on any atom is 0.488 e. The molecule has 1 aromatic rings. The largest absolute Gasteiger partial charge is 0.488 e. The van der Waals surface area contributed by atoms with E-state index in [1.165, 1.54) is 17.0 Å². The smallest absolute Gasteiger partial charge is 0.369 e. The number of thiol groups is 1. The molecule has 2 heterocycles. The Hall–Kier alpha value is -1.81. The lowest BCUT2D eigenvalue weighted by molar-refractivity contribution is -0.140. The molecule has 0 radical (unpaired) electrons. The van der Waals surface area contributed by atoms with Crippen LogP contribution in [0.25, 0.3) is 0 Å². The van der Waals surface area contributed by atoms with Crippen LogP contribution in [0.3, 0.4) is 0 Å². The number of likely N-dealkylation sites (tertiary alicyclic amines) is 1. The number of carbonyl (C=O) groups is 2. The zero-order valence-corrected chi connectivity index (χ0v) is 14.2. The van der Waals surface area contributed by atoms with Gasteiger partial charge in [0.15, 0.2) is 0 Å². The second-order valence-corrected chi connectivity index (χ2v) is 7.26. The highest BCUT2D eigenvalue weighted by molar-refractivity contribution is 7.82. The molecule has 0 N–H and O–H groups in total. The molecule has 10 heteroatoms. The summed E-state index contributed by atoms with van der Waals surface area (Å²) in [7, 11) is -5.09. The highest BCUT2D eigenvalue weighted by Gasteiger charge is 2.42. The molecule has 0 bridgehead atoms. The molecule has 2 atom stereocenters. The van der Waals surface area contributed by atoms with Gasteiger partial charge in [0, 0.05) is 31.3 Å². The Balaban J connectivity index is 1.73. The summed E-state index contributed by atoms with van der Waals surface area (Å²) < 4.78 is 38.0. The number of benzene rings is 1. The van der Waals surface area contributed by atoms with Crippen molar-refractivity contribution in [1.29, 1.82) is 0 Å². The molecule has 3 rings (SSSR count). The van der Waals surface area contributed by atoms with Crippen molar-refractivity contribution in [3.05, 3.63) is 24.3 Å². The summed E-state index contributed by atoms with van der Waals surface area (Å²) in [4.78, 5) is 27.1. The third-order valence-electron chi connectivity index (χ3n) is 4.07. The molecule has 0 aromatic heterocycles. The van der Waals surface area contributed by atoms with E-state index in [4.69, 9.17) is 0 Å². The normalized spacial score (nSPS) is 24.8. The van der Waals surface area contributed by atoms with E-state index in [9.17, 15) is 21.9 Å². The van der Waals surface area contributed by atoms with Gasteiger partial charge in [-0.05, 0) is 18.6 Å². The van der Waals surface area contributed by atoms with Gasteiger partial charge in [0.1, 0.15) is 5.75 Å². The number of nitrogens with zero attached hydrogens (tertiary/aromatic N) is 2. The number of hydrogen-bond donors (Lipinski definition) is 1. The third kappa shape index (κ3) is 3.48. The minimum absolute atomic E-state index is 0.107. The van der Waals surface area contributed by atoms with E-state index in [0.29, 0.717) is 25.2 Å². The third-order valence-corrected chi connectivity index (χ3v) is 4.86. The molecular weight excluding hydrogens is 359 g/mol. The Morgan fingerprint density at radius 2 is 2.04 bits per heavy atom. The highest BCUT2D eigenvalue weighted by Crippen LogP contribution is 2.30. The Morgan fingerprint density at radius 3 is 2.67 bits per heavy atom. The van der Waals surface area contributed by atoms with E-state index in [1.54, 1.807) is 12.1 Å². The number of rotatable bonds is 4. The second-order valence-electron chi connectivity index (χ2n) is 5.68. The van der Waals surface area contributed by atoms with E-state index in [1.807, 2.05) is 4.90 Å². The van der Waals surface area contributed by atoms with Gasteiger partial charge in [-0.15, -0.1) is 0 Å². The van der Waals surface area contributed by atoms with E-state index >= 15 is 0 Å². The zero-order chi connectivity index (χ0) is 17.5. The number of hydrogen-bond acceptors (Lipinski definition) is 7. The van der Waals surface area contributed by atoms with Gasteiger partial charge < -0.3 is 9.08 Å². The monoisotopic (exact) mass is 374 g/mol. The molecular formula is C14H15FN2O5S2. The molecule has 1 aromatic carbocycles. The molecule has 2 aliphatic heterocycles. The van der Waals surface area contributed by atoms with Crippen molar-refractivity contribution in [3.8, 4) is 5.75 Å². The van der Waals surface area contributed by atoms with Crippen LogP contribution in [0.2, 0.25) is 0 Å². The van der Waals surface area contributed by atoms with Crippen LogP contribution in [0, 0.1) is 0 Å². The van der Waals surface area contributed by atoms with E-state index in [-0.39, 0.29) is 30.0 Å². The van der Waals surface area contributed by atoms with Crippen LogP contribution in [0.1, 0.15) is 12.8 Å². The summed E-state index contributed by atoms with van der Waals surface area (Å²) in [6, 6.07) is 5.73. The first kappa shape index (κ1) is 17.0. The SMILES string of the molecule is O=C1CC(S)C(=O)N1[C@H]1CCN(c2cccc(OS(=O)(=O)F)c2)C1. The summed E-state index contributed by atoms with van der Waals surface area (Å²) in [6.45, 7) is 0.995. The molecule has 130 valence electrons. The van der Waals surface area contributed by atoms with Crippen LogP contribution < -0.4 is 9.08 Å². The molecule has 2 fully saturated rings. The number of anilines is 1. The maximum atomic E-state index is 12.6. The van der Waals surface area contributed by atoms with Crippen LogP contribution >= 0.6 is 12.6 Å². The zero-order valence-electron chi connectivity index (χ0n) is 12.5. The summed E-state index contributed by atoms with van der Waals surface area (Å²) in [5.74, 6) is -0.648. The van der Waals surface area contributed by atoms with E-state index < -0.39 is 15.8 Å². The molecule has 1 unspecified atom stereocenters. The van der Waals surface area contributed by atoms with E-state index in [0.717, 1.165) is 0 Å². The number of halogens is 1. The van der Waals surface area contributed by atoms with Crippen LogP contribution in [-0.4, -0.2) is 49.5 Å². The van der Waals surface area contributed by atoms with Gasteiger partial charge in [0.25, 0.3) is 0 Å². The highest BCUT2D eigenvalue weighted by atomic mass is 32.3. The lowest BCUT2D eigenvalue weighted by Gasteiger charge is -2.24. The fourth-order valence-electron chi connectivity index (χ4n) is 3.05. The average Bonchev–Trinajstić information content (AvgIpc) is 3.03. The molecule has 7 nitrogen and oxygen atoms in total. The summed E-state index contributed by atoms with van der Waals surface area (Å²) in [6.07, 6.45) is 0.709. The summed E-state index contributed by atoms with van der Waals surface area (Å²) in [5.41, 5.74) is 0.625. The van der Waals surface area contributed by atoms with Gasteiger partial charge in [0.2, 0.25) is 11.8 Å². The van der Waals surface area contributed by atoms with Gasteiger partial charge in [-0.1, -0.05) is 9.95 Å². The van der Waals surface area contributed by atoms with Crippen LogP contribution in [-0.2, 0) is 20.1 Å². The first-order valence-corrected chi connectivity index (χ1v) is 9.10. The predicted octanol–water partition coefficient (Wildman–Crippen LogP) is 0.916. The van der Waals surface area contributed by atoms with Crippen molar-refractivity contribution in [2.75, 3.05) is 18.0 Å². The minimum atomic E-state index is -5.09. The topological polar surface area (TPSA) is 84.0 Å². The second kappa shape index (κ2) is 6.25. The van der Waals surface area contributed by atoms with Crippen molar-refractivity contribution < 1.29 is 26.1 Å². The van der Waals surface area contributed by atoms with Gasteiger partial charge in [-0.25, -0.2) is 0 Å². The maximum absolute atomic E-state index is 12.6. The Morgan fingerprint density at radius 1 is 1.29 bits per heavy atom. The number of amides is 2. The summed E-state index contributed by atoms with van der Waals surface area (Å²) >= 11 is 4.11. The fourth-order valence-corrected chi connectivity index (χ4v) is 3.67. The van der Waals surface area contributed by atoms with Crippen molar-refractivity contribution in [2.24, 2.45) is 0 Å². The van der Waals surface area contributed by atoms with Crippen molar-refractivity contribution in [1.82, 2.24) is 4.90 Å². The molecule has 2 saturated heterocycles. The average molecular weight is 374 g/mol. The molecule has 0 saturated carbocycles. The lowest BCUT2D eigenvalue weighted by atomic mass is 10.2. The van der Waals surface area contributed by atoms with Crippen molar-refractivity contribution in [3.63, 3.8) is 0 Å². The van der Waals surface area contributed by atoms with Gasteiger partial charge in [-0.2, -0.15) is 21.0 Å². The fraction of sp³-hybridized carbons (Fsp3) is 0.429.